The molecule has 0 bridgehead atoms. The van der Waals surface area contributed by atoms with Crippen molar-refractivity contribution in [2.24, 2.45) is 0 Å². The second kappa shape index (κ2) is 10.7. The maximum Gasteiger partial charge on any atom is 0.416 e. The Bertz CT molecular complexity index is 1250. The average molecular weight is 546 g/mol. The molecule has 210 valence electrons. The standard InChI is InChI=1S/C28H34F3N5O3/c1-17(33-18(2)37)26(38)34-13-10-21(11-14-34)36-25(19-7-8-19)23(15-32-36)27(39)35-12-9-20(16-35)22-5-3-4-6-24(22)28(29,30)31/h3-6,15,17,19-21H,7-14,16H2,1-2H3,(H,33,37)/t17-,20+/m0/s1. The van der Waals surface area contributed by atoms with Crippen molar-refractivity contribution in [3.05, 3.63) is 52.8 Å². The Hall–Kier alpha value is -3.37. The molecule has 1 aliphatic carbocycles. The summed E-state index contributed by atoms with van der Waals surface area (Å²) >= 11 is 0. The Labute approximate surface area is 225 Å². The molecule has 5 rings (SSSR count). The third-order valence-electron chi connectivity index (χ3n) is 8.12. The molecule has 2 atom stereocenters. The van der Waals surface area contributed by atoms with Gasteiger partial charge in [-0.2, -0.15) is 18.3 Å². The third-order valence-corrected chi connectivity index (χ3v) is 8.12. The summed E-state index contributed by atoms with van der Waals surface area (Å²) in [5.74, 6) is -0.657. The number of piperidine rings is 1. The molecule has 2 saturated heterocycles. The van der Waals surface area contributed by atoms with E-state index >= 15 is 0 Å². The first kappa shape index (κ1) is 27.2. The van der Waals surface area contributed by atoms with Gasteiger partial charge in [-0.1, -0.05) is 18.2 Å². The van der Waals surface area contributed by atoms with E-state index in [0.717, 1.165) is 24.6 Å². The van der Waals surface area contributed by atoms with Crippen molar-refractivity contribution in [3.8, 4) is 0 Å². The Kier molecular flexibility index (Phi) is 7.43. The van der Waals surface area contributed by atoms with E-state index in [1.807, 2.05) is 4.68 Å². The van der Waals surface area contributed by atoms with Crippen molar-refractivity contribution in [3.63, 3.8) is 0 Å². The van der Waals surface area contributed by atoms with Crippen LogP contribution in [0.4, 0.5) is 13.2 Å². The molecule has 2 aliphatic heterocycles. The molecule has 1 N–H and O–H groups in total. The highest BCUT2D eigenvalue weighted by Gasteiger charge is 2.40. The number of hydrogen-bond donors (Lipinski definition) is 1. The van der Waals surface area contributed by atoms with Crippen LogP contribution in [0, 0.1) is 0 Å². The van der Waals surface area contributed by atoms with Crippen molar-refractivity contribution >= 4 is 17.7 Å². The van der Waals surface area contributed by atoms with E-state index in [1.165, 1.54) is 19.1 Å². The van der Waals surface area contributed by atoms with Crippen LogP contribution in [0.2, 0.25) is 0 Å². The molecule has 0 unspecified atom stereocenters. The van der Waals surface area contributed by atoms with E-state index in [9.17, 15) is 27.6 Å². The topological polar surface area (TPSA) is 87.5 Å². The van der Waals surface area contributed by atoms with Crippen molar-refractivity contribution < 1.29 is 27.6 Å². The van der Waals surface area contributed by atoms with Gasteiger partial charge in [-0.25, -0.2) is 0 Å². The maximum atomic E-state index is 13.6. The summed E-state index contributed by atoms with van der Waals surface area (Å²) in [7, 11) is 0. The molecule has 3 heterocycles. The molecule has 39 heavy (non-hydrogen) atoms. The van der Waals surface area contributed by atoms with E-state index in [1.54, 1.807) is 29.0 Å². The van der Waals surface area contributed by atoms with Crippen LogP contribution in [0.15, 0.2) is 30.5 Å². The Morgan fingerprint density at radius 3 is 2.28 bits per heavy atom. The lowest BCUT2D eigenvalue weighted by atomic mass is 9.93. The predicted octanol–water partition coefficient (Wildman–Crippen LogP) is 4.10. The summed E-state index contributed by atoms with van der Waals surface area (Å²) in [5.41, 5.74) is 1.06. The van der Waals surface area contributed by atoms with Crippen LogP contribution in [0.1, 0.15) is 91.0 Å². The van der Waals surface area contributed by atoms with Crippen molar-refractivity contribution in [2.75, 3.05) is 26.2 Å². The van der Waals surface area contributed by atoms with Gasteiger partial charge in [0.25, 0.3) is 5.91 Å². The van der Waals surface area contributed by atoms with Gasteiger partial charge < -0.3 is 15.1 Å². The van der Waals surface area contributed by atoms with Gasteiger partial charge in [-0.3, -0.25) is 19.1 Å². The molecule has 3 fully saturated rings. The van der Waals surface area contributed by atoms with Crippen LogP contribution in [-0.4, -0.2) is 69.5 Å². The number of aromatic nitrogens is 2. The van der Waals surface area contributed by atoms with Crippen molar-refractivity contribution in [1.29, 1.82) is 0 Å². The zero-order valence-electron chi connectivity index (χ0n) is 22.2. The zero-order chi connectivity index (χ0) is 27.9. The minimum absolute atomic E-state index is 0.0484. The van der Waals surface area contributed by atoms with Crippen LogP contribution < -0.4 is 5.32 Å². The smallest absolute Gasteiger partial charge is 0.345 e. The molecule has 2 aromatic rings. The van der Waals surface area contributed by atoms with Gasteiger partial charge in [-0.15, -0.1) is 0 Å². The second-order valence-electron chi connectivity index (χ2n) is 11.0. The molecular formula is C28H34F3N5O3. The number of alkyl halides is 3. The van der Waals surface area contributed by atoms with E-state index in [0.29, 0.717) is 44.5 Å². The number of rotatable bonds is 6. The molecule has 0 radical (unpaired) electrons. The van der Waals surface area contributed by atoms with Crippen molar-refractivity contribution in [2.45, 2.75) is 76.0 Å². The van der Waals surface area contributed by atoms with Gasteiger partial charge in [0.1, 0.15) is 6.04 Å². The minimum atomic E-state index is -4.43. The molecule has 11 heteroatoms. The second-order valence-corrected chi connectivity index (χ2v) is 11.0. The highest BCUT2D eigenvalue weighted by atomic mass is 19.4. The largest absolute Gasteiger partial charge is 0.416 e. The number of nitrogens with one attached hydrogen (secondary N) is 1. The fraction of sp³-hybridized carbons (Fsp3) is 0.571. The number of halogens is 3. The highest BCUT2D eigenvalue weighted by Crippen LogP contribution is 2.44. The summed E-state index contributed by atoms with van der Waals surface area (Å²) in [6.45, 7) is 4.78. The molecule has 8 nitrogen and oxygen atoms in total. The number of likely N-dealkylation sites (tertiary alicyclic amines) is 2. The van der Waals surface area contributed by atoms with Gasteiger partial charge >= 0.3 is 6.18 Å². The van der Waals surface area contributed by atoms with Gasteiger partial charge in [0.05, 0.1) is 29.1 Å². The van der Waals surface area contributed by atoms with E-state index in [2.05, 4.69) is 10.4 Å². The quantitative estimate of drug-likeness (QED) is 0.592. The lowest BCUT2D eigenvalue weighted by Crippen LogP contribution is -2.49. The number of benzene rings is 1. The molecule has 0 spiro atoms. The van der Waals surface area contributed by atoms with Gasteiger partial charge in [0.15, 0.2) is 0 Å². The van der Waals surface area contributed by atoms with Crippen LogP contribution in [0.25, 0.3) is 0 Å². The SMILES string of the molecule is CC(=O)N[C@@H](C)C(=O)N1CCC(n2ncc(C(=O)N3CC[C@@H](c4ccccc4C(F)(F)F)C3)c2C2CC2)CC1. The summed E-state index contributed by atoms with van der Waals surface area (Å²) in [6.07, 6.45) is 0.981. The van der Waals surface area contributed by atoms with E-state index in [4.69, 9.17) is 0 Å². The van der Waals surface area contributed by atoms with Crippen LogP contribution in [-0.2, 0) is 15.8 Å². The summed E-state index contributed by atoms with van der Waals surface area (Å²) in [5, 5.41) is 7.26. The molecule has 1 aromatic heterocycles. The monoisotopic (exact) mass is 545 g/mol. The van der Waals surface area contributed by atoms with E-state index < -0.39 is 17.8 Å². The summed E-state index contributed by atoms with van der Waals surface area (Å²) < 4.78 is 42.7. The highest BCUT2D eigenvalue weighted by molar-refractivity contribution is 5.95. The Morgan fingerprint density at radius 1 is 0.974 bits per heavy atom. The van der Waals surface area contributed by atoms with Crippen LogP contribution >= 0.6 is 0 Å². The first-order chi connectivity index (χ1) is 18.5. The molecule has 3 aliphatic rings. The zero-order valence-corrected chi connectivity index (χ0v) is 22.2. The normalized spacial score (nSPS) is 21.2. The number of carbonyl (C=O) groups excluding carboxylic acids is 3. The van der Waals surface area contributed by atoms with Gasteiger partial charge in [0.2, 0.25) is 11.8 Å². The van der Waals surface area contributed by atoms with Crippen LogP contribution in [0.5, 0.6) is 0 Å². The lowest BCUT2D eigenvalue weighted by Gasteiger charge is -2.34. The summed E-state index contributed by atoms with van der Waals surface area (Å²) in [6, 6.07) is 5.10. The van der Waals surface area contributed by atoms with Crippen LogP contribution in [0.3, 0.4) is 0 Å². The van der Waals surface area contributed by atoms with E-state index in [-0.39, 0.29) is 47.7 Å². The number of amides is 3. The molecule has 1 saturated carbocycles. The fourth-order valence-electron chi connectivity index (χ4n) is 6.04. The number of carbonyl (C=O) groups is 3. The minimum Gasteiger partial charge on any atom is -0.345 e. The number of hydrogen-bond acceptors (Lipinski definition) is 4. The Morgan fingerprint density at radius 2 is 1.64 bits per heavy atom. The number of nitrogens with zero attached hydrogens (tertiary/aromatic N) is 4. The summed E-state index contributed by atoms with van der Waals surface area (Å²) in [4.78, 5) is 41.0. The molecule has 3 amide bonds. The lowest BCUT2D eigenvalue weighted by molar-refractivity contribution is -0.138. The Balaban J connectivity index is 1.28. The maximum absolute atomic E-state index is 13.6. The predicted molar refractivity (Wildman–Crippen MR) is 137 cm³/mol. The third kappa shape index (κ3) is 5.67. The van der Waals surface area contributed by atoms with Crippen molar-refractivity contribution in [1.82, 2.24) is 24.9 Å². The fourth-order valence-corrected chi connectivity index (χ4v) is 6.04. The van der Waals surface area contributed by atoms with Gasteiger partial charge in [-0.05, 0) is 50.7 Å². The molecule has 1 aromatic carbocycles. The first-order valence-corrected chi connectivity index (χ1v) is 13.6. The first-order valence-electron chi connectivity index (χ1n) is 13.6. The average Bonchev–Trinajstić information content (AvgIpc) is 3.44. The molecular weight excluding hydrogens is 511 g/mol. The van der Waals surface area contributed by atoms with Gasteiger partial charge in [0, 0.05) is 44.9 Å².